The van der Waals surface area contributed by atoms with Crippen molar-refractivity contribution >= 4 is 29.0 Å². The zero-order valence-electron chi connectivity index (χ0n) is 12.5. The molecule has 3 rings (SSSR count). The normalized spacial score (nSPS) is 17.4. The molecule has 0 atom stereocenters. The predicted octanol–water partition coefficient (Wildman–Crippen LogP) is 4.86. The zero-order chi connectivity index (χ0) is 16.7. The second-order valence-electron chi connectivity index (χ2n) is 4.66. The van der Waals surface area contributed by atoms with Gasteiger partial charge in [0.05, 0.1) is 10.6 Å². The number of phenolic OH excluding ortho intramolecular Hbond substituents is 1. The Balaban J connectivity index is 0.000000412. The molecular formula is C19H14Cl2FeO2+2. The number of allylic oxidation sites excluding steroid dienone is 2. The van der Waals surface area contributed by atoms with Gasteiger partial charge in [-0.05, 0) is 76.0 Å². The van der Waals surface area contributed by atoms with Crippen molar-refractivity contribution < 1.29 is 27.0 Å². The fraction of sp³-hybridized carbons (Fsp3) is 0. The molecule has 2 aliphatic rings. The third-order valence-electron chi connectivity index (χ3n) is 2.96. The van der Waals surface area contributed by atoms with Crippen molar-refractivity contribution in [2.24, 2.45) is 0 Å². The van der Waals surface area contributed by atoms with E-state index >= 15 is 0 Å². The van der Waals surface area contributed by atoms with Crippen LogP contribution >= 0.6 is 23.2 Å². The van der Waals surface area contributed by atoms with Gasteiger partial charge in [-0.25, -0.2) is 0 Å². The molecule has 5 heteroatoms. The van der Waals surface area contributed by atoms with Crippen LogP contribution in [0.2, 0.25) is 10.0 Å². The van der Waals surface area contributed by atoms with Gasteiger partial charge in [0.1, 0.15) is 5.75 Å². The summed E-state index contributed by atoms with van der Waals surface area (Å²) < 4.78 is 0. The summed E-state index contributed by atoms with van der Waals surface area (Å²) in [4.78, 5) is 11.9. The zero-order valence-corrected chi connectivity index (χ0v) is 15.1. The number of aromatic hydroxyl groups is 1. The van der Waals surface area contributed by atoms with Crippen LogP contribution in [0, 0.1) is 63.7 Å². The number of rotatable bonds is 3. The van der Waals surface area contributed by atoms with Crippen LogP contribution in [0.15, 0.2) is 24.3 Å². The van der Waals surface area contributed by atoms with E-state index in [2.05, 4.69) is 0 Å². The number of halogens is 2. The van der Waals surface area contributed by atoms with E-state index in [0.717, 1.165) is 5.92 Å². The topological polar surface area (TPSA) is 37.3 Å². The minimum absolute atomic E-state index is 0. The molecule has 0 heterocycles. The Kier molecular flexibility index (Phi) is 10.1. The van der Waals surface area contributed by atoms with Gasteiger partial charge in [-0.1, -0.05) is 29.3 Å². The summed E-state index contributed by atoms with van der Waals surface area (Å²) in [5.41, 5.74) is 0.0929. The SMILES string of the molecule is O=C(/C=C/[C]1[CH][CH][CH][CH]1)c1cc(Cl)cc(Cl)c1O.[CH]1[CH][CH][CH][CH]1.[Fe+2]. The second-order valence-corrected chi connectivity index (χ2v) is 5.51. The summed E-state index contributed by atoms with van der Waals surface area (Å²) in [5.74, 6) is 0.312. The first-order chi connectivity index (χ1) is 11.1. The average Bonchev–Trinajstić information content (AvgIpc) is 3.24. The molecule has 0 bridgehead atoms. The monoisotopic (exact) mass is 400 g/mol. The minimum Gasteiger partial charge on any atom is -0.506 e. The second kappa shape index (κ2) is 11.2. The van der Waals surface area contributed by atoms with Gasteiger partial charge in [0.25, 0.3) is 0 Å². The first kappa shape index (κ1) is 21.6. The fourth-order valence-electron chi connectivity index (χ4n) is 1.84. The van der Waals surface area contributed by atoms with E-state index in [0.29, 0.717) is 5.02 Å². The van der Waals surface area contributed by atoms with Crippen molar-refractivity contribution in [3.63, 3.8) is 0 Å². The molecule has 10 radical (unpaired) electrons. The summed E-state index contributed by atoms with van der Waals surface area (Å²) in [6, 6.07) is 2.77. The van der Waals surface area contributed by atoms with E-state index in [1.54, 1.807) is 6.08 Å². The van der Waals surface area contributed by atoms with Crippen LogP contribution in [0.5, 0.6) is 5.75 Å². The van der Waals surface area contributed by atoms with Crippen molar-refractivity contribution in [2.45, 2.75) is 0 Å². The first-order valence-corrected chi connectivity index (χ1v) is 7.62. The van der Waals surface area contributed by atoms with Crippen molar-refractivity contribution in [1.82, 2.24) is 0 Å². The summed E-state index contributed by atoms with van der Waals surface area (Å²) >= 11 is 11.5. The Morgan fingerprint density at radius 1 is 0.917 bits per heavy atom. The summed E-state index contributed by atoms with van der Waals surface area (Å²) in [6.45, 7) is 0. The fourth-order valence-corrected chi connectivity index (χ4v) is 2.33. The van der Waals surface area contributed by atoms with Gasteiger partial charge in [-0.2, -0.15) is 0 Å². The molecule has 0 amide bonds. The van der Waals surface area contributed by atoms with Gasteiger partial charge in [0.15, 0.2) is 5.78 Å². The predicted molar refractivity (Wildman–Crippen MR) is 93.5 cm³/mol. The van der Waals surface area contributed by atoms with Crippen molar-refractivity contribution in [3.8, 4) is 5.75 Å². The number of hydrogen-bond acceptors (Lipinski definition) is 2. The molecule has 1 aromatic rings. The van der Waals surface area contributed by atoms with Crippen molar-refractivity contribution in [2.75, 3.05) is 0 Å². The minimum atomic E-state index is -0.349. The molecule has 2 saturated carbocycles. The Morgan fingerprint density at radius 3 is 2.00 bits per heavy atom. The number of benzene rings is 1. The summed E-state index contributed by atoms with van der Waals surface area (Å²) in [5, 5.41) is 10.1. The Bertz CT molecular complexity index is 555. The van der Waals surface area contributed by atoms with Crippen LogP contribution < -0.4 is 0 Å². The molecule has 0 aromatic heterocycles. The molecule has 1 N–H and O–H groups in total. The molecule has 1 aromatic carbocycles. The molecule has 2 nitrogen and oxygen atoms in total. The smallest absolute Gasteiger partial charge is 0.506 e. The number of phenols is 1. The molecule has 0 saturated heterocycles. The maximum Gasteiger partial charge on any atom is 2.00 e. The third kappa shape index (κ3) is 6.80. The van der Waals surface area contributed by atoms with E-state index in [9.17, 15) is 9.90 Å². The molecule has 0 spiro atoms. The van der Waals surface area contributed by atoms with Crippen LogP contribution in [0.1, 0.15) is 10.4 Å². The molecule has 122 valence electrons. The maximum atomic E-state index is 11.9. The largest absolute Gasteiger partial charge is 2.00 e. The molecule has 0 unspecified atom stereocenters. The van der Waals surface area contributed by atoms with Gasteiger partial charge >= 0.3 is 17.1 Å². The van der Waals surface area contributed by atoms with Crippen LogP contribution in [0.3, 0.4) is 0 Å². The first-order valence-electron chi connectivity index (χ1n) is 6.87. The number of carbonyl (C=O) groups is 1. The average molecular weight is 401 g/mol. The van der Waals surface area contributed by atoms with Gasteiger partial charge in [0.2, 0.25) is 0 Å². The number of carbonyl (C=O) groups excluding carboxylic acids is 1. The van der Waals surface area contributed by atoms with E-state index in [4.69, 9.17) is 23.2 Å². The van der Waals surface area contributed by atoms with Crippen LogP contribution in [0.4, 0.5) is 0 Å². The summed E-state index contributed by atoms with van der Waals surface area (Å²) in [7, 11) is 0. The van der Waals surface area contributed by atoms with Crippen molar-refractivity contribution in [3.05, 3.63) is 104 Å². The maximum absolute atomic E-state index is 11.9. The van der Waals surface area contributed by atoms with Gasteiger partial charge < -0.3 is 5.11 Å². The van der Waals surface area contributed by atoms with E-state index in [1.807, 2.05) is 57.8 Å². The number of hydrogen-bond donors (Lipinski definition) is 1. The van der Waals surface area contributed by atoms with E-state index in [1.165, 1.54) is 18.2 Å². The van der Waals surface area contributed by atoms with Gasteiger partial charge in [-0.3, -0.25) is 4.79 Å². The van der Waals surface area contributed by atoms with E-state index in [-0.39, 0.29) is 39.2 Å². The molecule has 0 aliphatic heterocycles. The van der Waals surface area contributed by atoms with Crippen molar-refractivity contribution in [1.29, 1.82) is 0 Å². The molecule has 24 heavy (non-hydrogen) atoms. The summed E-state index contributed by atoms with van der Waals surface area (Å²) in [6.07, 6.45) is 20.5. The molecular weight excluding hydrogens is 387 g/mol. The molecule has 2 fully saturated rings. The van der Waals surface area contributed by atoms with Gasteiger partial charge in [0, 0.05) is 10.9 Å². The quantitative estimate of drug-likeness (QED) is 0.446. The Labute approximate surface area is 165 Å². The Hall–Kier alpha value is -0.471. The van der Waals surface area contributed by atoms with E-state index < -0.39 is 0 Å². The van der Waals surface area contributed by atoms with Gasteiger partial charge in [-0.15, -0.1) is 0 Å². The molecule has 2 aliphatic carbocycles. The number of ketones is 1. The third-order valence-corrected chi connectivity index (χ3v) is 3.47. The standard InChI is InChI=1S/C14H9Cl2O2.C5H5.Fe/c15-10-7-11(14(18)12(16)8-10)13(17)6-5-9-3-1-2-4-9;1-2-4-5-3-1;/h1-8,18H;1-5H;/q;;+2/b6-5+;;. The Morgan fingerprint density at radius 2 is 1.46 bits per heavy atom. The van der Waals surface area contributed by atoms with Crippen LogP contribution in [-0.4, -0.2) is 10.9 Å². The van der Waals surface area contributed by atoms with Crippen LogP contribution in [-0.2, 0) is 17.1 Å². The van der Waals surface area contributed by atoms with Crippen LogP contribution in [0.25, 0.3) is 0 Å².